The fourth-order valence-corrected chi connectivity index (χ4v) is 3.53. The predicted molar refractivity (Wildman–Crippen MR) is 107 cm³/mol. The van der Waals surface area contributed by atoms with Gasteiger partial charge in [0.25, 0.3) is 5.91 Å². The summed E-state index contributed by atoms with van der Waals surface area (Å²) < 4.78 is 1.73. The molecule has 1 amide bonds. The van der Waals surface area contributed by atoms with Crippen molar-refractivity contribution >= 4 is 17.2 Å². The lowest BCUT2D eigenvalue weighted by Gasteiger charge is -2.04. The number of hydrogen-bond acceptors (Lipinski definition) is 4. The van der Waals surface area contributed by atoms with Crippen LogP contribution in [-0.4, -0.2) is 27.2 Å². The average molecular weight is 374 g/mol. The van der Waals surface area contributed by atoms with Crippen LogP contribution in [0.25, 0.3) is 16.9 Å². The van der Waals surface area contributed by atoms with E-state index in [-0.39, 0.29) is 5.91 Å². The first-order valence-corrected chi connectivity index (χ1v) is 9.55. The smallest absolute Gasteiger partial charge is 0.255 e. The summed E-state index contributed by atoms with van der Waals surface area (Å²) in [7, 11) is 0. The Kier molecular flexibility index (Phi) is 5.07. The van der Waals surface area contributed by atoms with E-state index in [4.69, 9.17) is 0 Å². The molecule has 0 saturated carbocycles. The molecular weight excluding hydrogens is 356 g/mol. The number of amides is 1. The van der Waals surface area contributed by atoms with Crippen LogP contribution in [0.5, 0.6) is 0 Å². The molecular formula is C21H18N4OS. The quantitative estimate of drug-likeness (QED) is 0.556. The van der Waals surface area contributed by atoms with Crippen molar-refractivity contribution in [3.63, 3.8) is 0 Å². The van der Waals surface area contributed by atoms with E-state index in [1.165, 1.54) is 4.88 Å². The van der Waals surface area contributed by atoms with Crippen LogP contribution in [0.2, 0.25) is 0 Å². The number of carbonyl (C=O) groups is 1. The first-order valence-electron chi connectivity index (χ1n) is 8.67. The Hall–Kier alpha value is -3.25. The Morgan fingerprint density at radius 1 is 1.07 bits per heavy atom. The lowest BCUT2D eigenvalue weighted by molar-refractivity contribution is 0.0955. The van der Waals surface area contributed by atoms with Gasteiger partial charge in [-0.2, -0.15) is 5.10 Å². The molecule has 4 aromatic rings. The van der Waals surface area contributed by atoms with Crippen molar-refractivity contribution in [2.75, 3.05) is 6.54 Å². The van der Waals surface area contributed by atoms with E-state index in [1.807, 2.05) is 53.9 Å². The number of para-hydroxylation sites is 1. The Labute approximate surface area is 161 Å². The van der Waals surface area contributed by atoms with E-state index in [1.54, 1.807) is 34.6 Å². The standard InChI is InChI=1S/C21H18N4OS/c26-21(23-12-10-18-9-5-13-27-18)19-15-25(17-7-2-1-3-8-17)24-20(19)16-6-4-11-22-14-16/h1-9,11,13-15H,10,12H2,(H,23,26). The number of pyridine rings is 1. The van der Waals surface area contributed by atoms with Gasteiger partial charge in [-0.15, -0.1) is 11.3 Å². The molecule has 27 heavy (non-hydrogen) atoms. The van der Waals surface area contributed by atoms with Crippen LogP contribution in [0.3, 0.4) is 0 Å². The number of nitrogens with zero attached hydrogens (tertiary/aromatic N) is 3. The van der Waals surface area contributed by atoms with Crippen LogP contribution in [0.4, 0.5) is 0 Å². The summed E-state index contributed by atoms with van der Waals surface area (Å²) in [5, 5.41) is 9.70. The van der Waals surface area contributed by atoms with Crippen LogP contribution in [0.15, 0.2) is 78.6 Å². The molecule has 0 bridgehead atoms. The Morgan fingerprint density at radius 2 is 1.96 bits per heavy atom. The highest BCUT2D eigenvalue weighted by molar-refractivity contribution is 7.09. The number of thiophene rings is 1. The van der Waals surface area contributed by atoms with Crippen molar-refractivity contribution in [1.29, 1.82) is 0 Å². The molecule has 6 heteroatoms. The third kappa shape index (κ3) is 3.96. The molecule has 0 radical (unpaired) electrons. The second kappa shape index (κ2) is 7.97. The SMILES string of the molecule is O=C(NCCc1cccs1)c1cn(-c2ccccc2)nc1-c1cccnc1. The van der Waals surface area contributed by atoms with Gasteiger partial charge in [-0.3, -0.25) is 9.78 Å². The van der Waals surface area contributed by atoms with E-state index in [0.29, 0.717) is 17.8 Å². The van der Waals surface area contributed by atoms with Gasteiger partial charge in [-0.25, -0.2) is 4.68 Å². The molecule has 0 atom stereocenters. The Morgan fingerprint density at radius 3 is 2.70 bits per heavy atom. The molecule has 4 rings (SSSR count). The molecule has 0 spiro atoms. The van der Waals surface area contributed by atoms with E-state index in [2.05, 4.69) is 21.5 Å². The van der Waals surface area contributed by atoms with Crippen molar-refractivity contribution in [2.24, 2.45) is 0 Å². The minimum absolute atomic E-state index is 0.132. The van der Waals surface area contributed by atoms with Crippen molar-refractivity contribution < 1.29 is 4.79 Å². The zero-order valence-corrected chi connectivity index (χ0v) is 15.4. The van der Waals surface area contributed by atoms with Crippen LogP contribution in [0, 0.1) is 0 Å². The van der Waals surface area contributed by atoms with E-state index in [9.17, 15) is 4.79 Å². The fraction of sp³-hybridized carbons (Fsp3) is 0.0952. The number of aromatic nitrogens is 3. The summed E-state index contributed by atoms with van der Waals surface area (Å²) >= 11 is 1.70. The minimum atomic E-state index is -0.132. The highest BCUT2D eigenvalue weighted by Crippen LogP contribution is 2.23. The molecule has 0 aliphatic carbocycles. The van der Waals surface area contributed by atoms with Crippen LogP contribution in [0.1, 0.15) is 15.2 Å². The van der Waals surface area contributed by atoms with E-state index >= 15 is 0 Å². The normalized spacial score (nSPS) is 10.7. The summed E-state index contributed by atoms with van der Waals surface area (Å²) in [5.41, 5.74) is 2.88. The maximum atomic E-state index is 12.8. The first-order chi connectivity index (χ1) is 13.3. The monoisotopic (exact) mass is 374 g/mol. The Bertz CT molecular complexity index is 1010. The molecule has 0 aliphatic heterocycles. The molecule has 0 fully saturated rings. The highest BCUT2D eigenvalue weighted by atomic mass is 32.1. The third-order valence-corrected chi connectivity index (χ3v) is 5.09. The van der Waals surface area contributed by atoms with Gasteiger partial charge in [0.1, 0.15) is 5.69 Å². The van der Waals surface area contributed by atoms with Crippen molar-refractivity contribution in [3.8, 4) is 16.9 Å². The number of nitrogens with one attached hydrogen (secondary N) is 1. The second-order valence-corrected chi connectivity index (χ2v) is 7.03. The van der Waals surface area contributed by atoms with Crippen LogP contribution >= 0.6 is 11.3 Å². The lowest BCUT2D eigenvalue weighted by Crippen LogP contribution is -2.25. The summed E-state index contributed by atoms with van der Waals surface area (Å²) in [6, 6.07) is 17.6. The number of rotatable bonds is 6. The topological polar surface area (TPSA) is 59.8 Å². The second-order valence-electron chi connectivity index (χ2n) is 6.00. The summed E-state index contributed by atoms with van der Waals surface area (Å²) in [4.78, 5) is 18.2. The molecule has 3 heterocycles. The fourth-order valence-electron chi connectivity index (χ4n) is 2.82. The third-order valence-electron chi connectivity index (χ3n) is 4.15. The van der Waals surface area contributed by atoms with E-state index < -0.39 is 0 Å². The van der Waals surface area contributed by atoms with Crippen LogP contribution < -0.4 is 5.32 Å². The zero-order chi connectivity index (χ0) is 18.5. The average Bonchev–Trinajstić information content (AvgIpc) is 3.39. The van der Waals surface area contributed by atoms with E-state index in [0.717, 1.165) is 17.7 Å². The minimum Gasteiger partial charge on any atom is -0.352 e. The molecule has 134 valence electrons. The van der Waals surface area contributed by atoms with Crippen LogP contribution in [-0.2, 0) is 6.42 Å². The molecule has 3 aromatic heterocycles. The van der Waals surface area contributed by atoms with Gasteiger partial charge in [0.05, 0.1) is 11.3 Å². The van der Waals surface area contributed by atoms with Crippen molar-refractivity contribution in [2.45, 2.75) is 6.42 Å². The molecule has 1 aromatic carbocycles. The molecule has 0 unspecified atom stereocenters. The summed E-state index contributed by atoms with van der Waals surface area (Å²) in [6.45, 7) is 0.586. The molecule has 0 saturated heterocycles. The maximum absolute atomic E-state index is 12.8. The molecule has 5 nitrogen and oxygen atoms in total. The van der Waals surface area contributed by atoms with Gasteiger partial charge in [0.2, 0.25) is 0 Å². The van der Waals surface area contributed by atoms with Gasteiger partial charge in [0.15, 0.2) is 0 Å². The zero-order valence-electron chi connectivity index (χ0n) is 14.6. The van der Waals surface area contributed by atoms with Crippen molar-refractivity contribution in [3.05, 3.63) is 89.0 Å². The van der Waals surface area contributed by atoms with Crippen molar-refractivity contribution in [1.82, 2.24) is 20.1 Å². The summed E-state index contributed by atoms with van der Waals surface area (Å²) in [6.07, 6.45) is 6.02. The first kappa shape index (κ1) is 17.2. The van der Waals surface area contributed by atoms with Gasteiger partial charge in [-0.1, -0.05) is 24.3 Å². The number of hydrogen-bond donors (Lipinski definition) is 1. The maximum Gasteiger partial charge on any atom is 0.255 e. The largest absolute Gasteiger partial charge is 0.352 e. The Balaban J connectivity index is 1.61. The lowest BCUT2D eigenvalue weighted by atomic mass is 10.1. The van der Waals surface area contributed by atoms with Gasteiger partial charge >= 0.3 is 0 Å². The molecule has 0 aliphatic rings. The van der Waals surface area contributed by atoms with Gasteiger partial charge < -0.3 is 5.32 Å². The van der Waals surface area contributed by atoms with Gasteiger partial charge in [-0.05, 0) is 42.1 Å². The molecule has 1 N–H and O–H groups in total. The highest BCUT2D eigenvalue weighted by Gasteiger charge is 2.18. The number of carbonyl (C=O) groups excluding carboxylic acids is 1. The number of benzene rings is 1. The summed E-state index contributed by atoms with van der Waals surface area (Å²) in [5.74, 6) is -0.132. The van der Waals surface area contributed by atoms with Gasteiger partial charge in [0, 0.05) is 35.6 Å². The predicted octanol–water partition coefficient (Wildman–Crippen LogP) is 3.97.